The Labute approximate surface area is 113 Å². The molecule has 0 radical (unpaired) electrons. The molecular formula is C12H19N3O3S. The van der Waals surface area contributed by atoms with E-state index in [-0.39, 0.29) is 12.3 Å². The van der Waals surface area contributed by atoms with Gasteiger partial charge in [0.25, 0.3) is 5.91 Å². The lowest BCUT2D eigenvalue weighted by atomic mass is 10.1. The second-order valence-electron chi connectivity index (χ2n) is 4.22. The number of amides is 1. The lowest BCUT2D eigenvalue weighted by Crippen LogP contribution is -2.44. The third-order valence-corrected chi connectivity index (χ3v) is 4.55. The van der Waals surface area contributed by atoms with Crippen LogP contribution in [0, 0.1) is 13.8 Å². The van der Waals surface area contributed by atoms with Gasteiger partial charge in [0.2, 0.25) is 10.0 Å². The molecule has 0 unspecified atom stereocenters. The van der Waals surface area contributed by atoms with Crippen LogP contribution in [0.4, 0.5) is 5.69 Å². The molecule has 0 atom stereocenters. The number of hydrogen-bond donors (Lipinski definition) is 2. The van der Waals surface area contributed by atoms with Gasteiger partial charge in [-0.15, -0.1) is 0 Å². The number of nitrogens with two attached hydrogens (primary N) is 1. The highest BCUT2D eigenvalue weighted by atomic mass is 32.2. The first kappa shape index (κ1) is 15.5. The average Bonchev–Trinajstić information content (AvgIpc) is 2.36. The maximum Gasteiger partial charge on any atom is 0.254 e. The molecule has 0 saturated heterocycles. The fourth-order valence-corrected chi connectivity index (χ4v) is 3.04. The number of rotatable bonds is 5. The fourth-order valence-electron chi connectivity index (χ4n) is 1.85. The van der Waals surface area contributed by atoms with E-state index in [1.54, 1.807) is 26.0 Å². The van der Waals surface area contributed by atoms with Gasteiger partial charge >= 0.3 is 0 Å². The molecule has 0 aromatic heterocycles. The Hall–Kier alpha value is -1.60. The molecule has 0 spiro atoms. The van der Waals surface area contributed by atoms with E-state index in [0.29, 0.717) is 5.69 Å². The van der Waals surface area contributed by atoms with Gasteiger partial charge in [-0.25, -0.2) is 14.3 Å². The SMILES string of the molecule is CCS(=O)(=O)N(CC(=O)NN)c1c(C)cccc1C. The number of hydrogen-bond acceptors (Lipinski definition) is 4. The predicted molar refractivity (Wildman–Crippen MR) is 75.1 cm³/mol. The normalized spacial score (nSPS) is 11.2. The molecule has 7 heteroatoms. The van der Waals surface area contributed by atoms with Gasteiger partial charge in [0.1, 0.15) is 6.54 Å². The van der Waals surface area contributed by atoms with Gasteiger partial charge in [0, 0.05) is 0 Å². The molecule has 0 bridgehead atoms. The molecule has 0 aliphatic carbocycles. The number of para-hydroxylation sites is 1. The summed E-state index contributed by atoms with van der Waals surface area (Å²) in [4.78, 5) is 11.4. The van der Waals surface area contributed by atoms with E-state index in [0.717, 1.165) is 15.4 Å². The van der Waals surface area contributed by atoms with Gasteiger partial charge in [0.05, 0.1) is 11.4 Å². The van der Waals surface area contributed by atoms with E-state index in [4.69, 9.17) is 5.84 Å². The minimum atomic E-state index is -3.55. The Morgan fingerprint density at radius 2 is 1.84 bits per heavy atom. The van der Waals surface area contributed by atoms with Crippen molar-refractivity contribution in [2.24, 2.45) is 5.84 Å². The van der Waals surface area contributed by atoms with Crippen LogP contribution >= 0.6 is 0 Å². The summed E-state index contributed by atoms with van der Waals surface area (Å²) in [6, 6.07) is 5.45. The molecule has 0 fully saturated rings. The van der Waals surface area contributed by atoms with E-state index in [1.807, 2.05) is 11.5 Å². The quantitative estimate of drug-likeness (QED) is 0.467. The van der Waals surface area contributed by atoms with Gasteiger partial charge < -0.3 is 0 Å². The molecule has 0 aliphatic heterocycles. The number of carbonyl (C=O) groups is 1. The minimum absolute atomic E-state index is 0.0847. The highest BCUT2D eigenvalue weighted by molar-refractivity contribution is 7.92. The molecule has 1 aromatic carbocycles. The van der Waals surface area contributed by atoms with Crippen molar-refractivity contribution in [3.63, 3.8) is 0 Å². The standard InChI is InChI=1S/C12H19N3O3S/c1-4-19(17,18)15(8-11(16)14-13)12-9(2)6-5-7-10(12)3/h5-7H,4,8,13H2,1-3H3,(H,14,16). The van der Waals surface area contributed by atoms with Crippen LogP contribution in [0.1, 0.15) is 18.1 Å². The zero-order valence-electron chi connectivity index (χ0n) is 11.3. The van der Waals surface area contributed by atoms with Gasteiger partial charge in [-0.05, 0) is 31.9 Å². The van der Waals surface area contributed by atoms with Crippen molar-refractivity contribution in [2.75, 3.05) is 16.6 Å². The van der Waals surface area contributed by atoms with Crippen LogP contribution in [0.2, 0.25) is 0 Å². The molecule has 106 valence electrons. The maximum atomic E-state index is 12.2. The summed E-state index contributed by atoms with van der Waals surface area (Å²) in [5.41, 5.74) is 4.08. The average molecular weight is 285 g/mol. The number of nitrogens with one attached hydrogen (secondary N) is 1. The van der Waals surface area contributed by atoms with E-state index in [1.165, 1.54) is 6.92 Å². The molecule has 0 heterocycles. The number of anilines is 1. The number of benzene rings is 1. The van der Waals surface area contributed by atoms with Crippen molar-refractivity contribution in [2.45, 2.75) is 20.8 Å². The first-order valence-electron chi connectivity index (χ1n) is 5.89. The van der Waals surface area contributed by atoms with E-state index < -0.39 is 15.9 Å². The van der Waals surface area contributed by atoms with Crippen molar-refractivity contribution in [3.8, 4) is 0 Å². The number of hydrazine groups is 1. The van der Waals surface area contributed by atoms with Crippen LogP contribution in [-0.2, 0) is 14.8 Å². The predicted octanol–water partition coefficient (Wildman–Crippen LogP) is 0.449. The molecule has 6 nitrogen and oxygen atoms in total. The first-order chi connectivity index (χ1) is 8.83. The lowest BCUT2D eigenvalue weighted by Gasteiger charge is -2.26. The summed E-state index contributed by atoms with van der Waals surface area (Å²) in [5.74, 6) is 4.40. The minimum Gasteiger partial charge on any atom is -0.293 e. The molecule has 0 aliphatic rings. The summed E-state index contributed by atoms with van der Waals surface area (Å²) in [7, 11) is -3.55. The van der Waals surface area contributed by atoms with Gasteiger partial charge in [-0.3, -0.25) is 14.5 Å². The molecule has 3 N–H and O–H groups in total. The second-order valence-corrected chi connectivity index (χ2v) is 6.40. The Morgan fingerprint density at radius 3 is 2.26 bits per heavy atom. The third-order valence-electron chi connectivity index (χ3n) is 2.84. The highest BCUT2D eigenvalue weighted by Crippen LogP contribution is 2.26. The maximum absolute atomic E-state index is 12.2. The zero-order valence-corrected chi connectivity index (χ0v) is 12.1. The van der Waals surface area contributed by atoms with E-state index in [2.05, 4.69) is 0 Å². The molecule has 19 heavy (non-hydrogen) atoms. The highest BCUT2D eigenvalue weighted by Gasteiger charge is 2.25. The topological polar surface area (TPSA) is 92.5 Å². The fraction of sp³-hybridized carbons (Fsp3) is 0.417. The molecular weight excluding hydrogens is 266 g/mol. The zero-order chi connectivity index (χ0) is 14.6. The van der Waals surface area contributed by atoms with Crippen LogP contribution in [0.5, 0.6) is 0 Å². The van der Waals surface area contributed by atoms with Crippen molar-refractivity contribution in [1.29, 1.82) is 0 Å². The number of sulfonamides is 1. The van der Waals surface area contributed by atoms with Crippen molar-refractivity contribution < 1.29 is 13.2 Å². The van der Waals surface area contributed by atoms with Crippen LogP contribution in [0.3, 0.4) is 0 Å². The van der Waals surface area contributed by atoms with Crippen LogP contribution < -0.4 is 15.6 Å². The van der Waals surface area contributed by atoms with Gasteiger partial charge in [-0.2, -0.15) is 0 Å². The summed E-state index contributed by atoms with van der Waals surface area (Å²) in [6.45, 7) is 4.83. The summed E-state index contributed by atoms with van der Waals surface area (Å²) >= 11 is 0. The lowest BCUT2D eigenvalue weighted by molar-refractivity contribution is -0.119. The van der Waals surface area contributed by atoms with Gasteiger partial charge in [0.15, 0.2) is 0 Å². The summed E-state index contributed by atoms with van der Waals surface area (Å²) < 4.78 is 25.4. The van der Waals surface area contributed by atoms with Crippen LogP contribution in [0.25, 0.3) is 0 Å². The summed E-state index contributed by atoms with van der Waals surface area (Å²) in [5, 5.41) is 0. The van der Waals surface area contributed by atoms with Crippen LogP contribution in [0.15, 0.2) is 18.2 Å². The van der Waals surface area contributed by atoms with Crippen LogP contribution in [-0.4, -0.2) is 26.6 Å². The molecule has 0 saturated carbocycles. The monoisotopic (exact) mass is 285 g/mol. The number of nitrogens with zero attached hydrogens (tertiary/aromatic N) is 1. The van der Waals surface area contributed by atoms with Crippen molar-refractivity contribution >= 4 is 21.6 Å². The van der Waals surface area contributed by atoms with E-state index in [9.17, 15) is 13.2 Å². The number of carbonyl (C=O) groups excluding carboxylic acids is 1. The Balaban J connectivity index is 3.36. The van der Waals surface area contributed by atoms with Gasteiger partial charge in [-0.1, -0.05) is 18.2 Å². The van der Waals surface area contributed by atoms with Crippen molar-refractivity contribution in [1.82, 2.24) is 5.43 Å². The number of aryl methyl sites for hydroxylation is 2. The van der Waals surface area contributed by atoms with Crippen molar-refractivity contribution in [3.05, 3.63) is 29.3 Å². The largest absolute Gasteiger partial charge is 0.293 e. The second kappa shape index (κ2) is 6.03. The Bertz CT molecular complexity index is 549. The smallest absolute Gasteiger partial charge is 0.254 e. The molecule has 1 aromatic rings. The molecule has 1 amide bonds. The third kappa shape index (κ3) is 3.45. The molecule has 1 rings (SSSR count). The van der Waals surface area contributed by atoms with E-state index >= 15 is 0 Å². The Kier molecular flexibility index (Phi) is 4.90. The summed E-state index contributed by atoms with van der Waals surface area (Å²) in [6.07, 6.45) is 0. The Morgan fingerprint density at radius 1 is 1.32 bits per heavy atom. The first-order valence-corrected chi connectivity index (χ1v) is 7.50.